The molecule has 6 rings (SSSR count). The Balaban J connectivity index is 1.66. The van der Waals surface area contributed by atoms with Crippen molar-refractivity contribution in [2.75, 3.05) is 0 Å². The van der Waals surface area contributed by atoms with Crippen LogP contribution in [0.2, 0.25) is 0 Å². The predicted molar refractivity (Wildman–Crippen MR) is 132 cm³/mol. The van der Waals surface area contributed by atoms with E-state index in [1.807, 2.05) is 50.5 Å². The second-order valence-electron chi connectivity index (χ2n) is 9.04. The van der Waals surface area contributed by atoms with Gasteiger partial charge in [-0.25, -0.2) is 9.97 Å². The Kier molecular flexibility index (Phi) is 4.87. The third-order valence-corrected chi connectivity index (χ3v) is 6.02. The highest BCUT2D eigenvalue weighted by atomic mass is 15.3. The van der Waals surface area contributed by atoms with E-state index in [0.717, 1.165) is 33.3 Å². The lowest BCUT2D eigenvalue weighted by Gasteiger charge is -2.13. The molecule has 0 aliphatic carbocycles. The van der Waals surface area contributed by atoms with Crippen LogP contribution in [-0.2, 0) is 0 Å². The van der Waals surface area contributed by atoms with Gasteiger partial charge in [-0.05, 0) is 30.0 Å². The van der Waals surface area contributed by atoms with E-state index in [-0.39, 0.29) is 11.8 Å². The fraction of sp³-hybridized carbons (Fsp3) is 0.240. The molecule has 0 aliphatic heterocycles. The molecule has 6 aromatic heterocycles. The summed E-state index contributed by atoms with van der Waals surface area (Å²) in [7, 11) is 0. The SMILES string of the molecule is CC(C)c1cn(-c2nc(-n3cncc3C(C)C)nc(-n3c4cnccc4c4ncccc43)n2)cn1. The Morgan fingerprint density at radius 2 is 1.57 bits per heavy atom. The number of hydrogen-bond donors (Lipinski definition) is 0. The molecule has 6 aromatic rings. The van der Waals surface area contributed by atoms with Gasteiger partial charge in [-0.3, -0.25) is 23.7 Å². The summed E-state index contributed by atoms with van der Waals surface area (Å²) in [6.07, 6.45) is 12.6. The highest BCUT2D eigenvalue weighted by Gasteiger charge is 2.20. The summed E-state index contributed by atoms with van der Waals surface area (Å²) in [5, 5.41) is 0.981. The molecule has 0 aliphatic rings. The summed E-state index contributed by atoms with van der Waals surface area (Å²) in [6.45, 7) is 8.45. The van der Waals surface area contributed by atoms with Gasteiger partial charge >= 0.3 is 0 Å². The van der Waals surface area contributed by atoms with Crippen LogP contribution in [0.5, 0.6) is 0 Å². The molecule has 174 valence electrons. The van der Waals surface area contributed by atoms with Gasteiger partial charge in [0.1, 0.15) is 12.7 Å². The van der Waals surface area contributed by atoms with Crippen molar-refractivity contribution >= 4 is 21.9 Å². The summed E-state index contributed by atoms with van der Waals surface area (Å²) in [5.74, 6) is 1.94. The van der Waals surface area contributed by atoms with Crippen LogP contribution >= 0.6 is 0 Å². The fourth-order valence-corrected chi connectivity index (χ4v) is 4.21. The molecule has 0 radical (unpaired) electrons. The van der Waals surface area contributed by atoms with Crippen molar-refractivity contribution in [3.05, 3.63) is 73.2 Å². The van der Waals surface area contributed by atoms with E-state index < -0.39 is 0 Å². The molecular formula is C25H24N10. The second kappa shape index (κ2) is 8.08. The molecule has 0 saturated heterocycles. The van der Waals surface area contributed by atoms with E-state index in [0.29, 0.717) is 17.8 Å². The lowest BCUT2D eigenvalue weighted by Crippen LogP contribution is -2.14. The van der Waals surface area contributed by atoms with Crippen molar-refractivity contribution in [2.24, 2.45) is 0 Å². The molecule has 35 heavy (non-hydrogen) atoms. The molecule has 10 nitrogen and oxygen atoms in total. The molecular weight excluding hydrogens is 440 g/mol. The number of rotatable bonds is 5. The van der Waals surface area contributed by atoms with E-state index >= 15 is 0 Å². The molecule has 0 aromatic carbocycles. The van der Waals surface area contributed by atoms with E-state index in [9.17, 15) is 0 Å². The minimum absolute atomic E-state index is 0.239. The first-order chi connectivity index (χ1) is 17.0. The van der Waals surface area contributed by atoms with Crippen molar-refractivity contribution in [1.29, 1.82) is 0 Å². The number of imidazole rings is 2. The molecule has 0 unspecified atom stereocenters. The topological polar surface area (TPSA) is 105 Å². The number of nitrogens with zero attached hydrogens (tertiary/aromatic N) is 10. The predicted octanol–water partition coefficient (Wildman–Crippen LogP) is 4.38. The molecule has 0 saturated carbocycles. The van der Waals surface area contributed by atoms with E-state index in [4.69, 9.17) is 15.0 Å². The van der Waals surface area contributed by atoms with Crippen LogP contribution in [0.1, 0.15) is 50.9 Å². The smallest absolute Gasteiger partial charge is 0.241 e. The number of aromatic nitrogens is 10. The van der Waals surface area contributed by atoms with Crippen LogP contribution in [0, 0.1) is 0 Å². The van der Waals surface area contributed by atoms with Gasteiger partial charge in [-0.1, -0.05) is 27.7 Å². The van der Waals surface area contributed by atoms with E-state index in [2.05, 4.69) is 47.6 Å². The fourth-order valence-electron chi connectivity index (χ4n) is 4.21. The first-order valence-electron chi connectivity index (χ1n) is 11.5. The molecule has 0 fully saturated rings. The average molecular weight is 465 g/mol. The van der Waals surface area contributed by atoms with Crippen molar-refractivity contribution in [2.45, 2.75) is 39.5 Å². The van der Waals surface area contributed by atoms with Crippen molar-refractivity contribution in [1.82, 2.24) is 48.6 Å². The normalized spacial score (nSPS) is 11.9. The monoisotopic (exact) mass is 464 g/mol. The quantitative estimate of drug-likeness (QED) is 0.373. The van der Waals surface area contributed by atoms with Crippen LogP contribution in [-0.4, -0.2) is 48.6 Å². The van der Waals surface area contributed by atoms with Crippen LogP contribution in [0.25, 0.3) is 39.8 Å². The van der Waals surface area contributed by atoms with Gasteiger partial charge in [0.25, 0.3) is 0 Å². The van der Waals surface area contributed by atoms with Gasteiger partial charge in [-0.15, -0.1) is 0 Å². The summed E-state index contributed by atoms with van der Waals surface area (Å²) >= 11 is 0. The summed E-state index contributed by atoms with van der Waals surface area (Å²) < 4.78 is 5.72. The van der Waals surface area contributed by atoms with Gasteiger partial charge in [0, 0.05) is 35.9 Å². The number of hydrogen-bond acceptors (Lipinski definition) is 7. The Morgan fingerprint density at radius 3 is 2.37 bits per heavy atom. The summed E-state index contributed by atoms with van der Waals surface area (Å²) in [4.78, 5) is 32.5. The molecule has 6 heterocycles. The zero-order chi connectivity index (χ0) is 24.1. The molecule has 10 heteroatoms. The van der Waals surface area contributed by atoms with Crippen LogP contribution in [0.4, 0.5) is 0 Å². The largest absolute Gasteiger partial charge is 0.275 e. The van der Waals surface area contributed by atoms with Gasteiger partial charge < -0.3 is 0 Å². The lowest BCUT2D eigenvalue weighted by molar-refractivity contribution is 0.742. The Labute approximate surface area is 201 Å². The van der Waals surface area contributed by atoms with Gasteiger partial charge in [0.15, 0.2) is 0 Å². The minimum Gasteiger partial charge on any atom is -0.275 e. The first-order valence-corrected chi connectivity index (χ1v) is 11.5. The minimum atomic E-state index is 0.239. The third kappa shape index (κ3) is 3.45. The van der Waals surface area contributed by atoms with E-state index in [1.165, 1.54) is 0 Å². The van der Waals surface area contributed by atoms with E-state index in [1.54, 1.807) is 25.0 Å². The van der Waals surface area contributed by atoms with Gasteiger partial charge in [0.05, 0.1) is 28.4 Å². The van der Waals surface area contributed by atoms with Gasteiger partial charge in [0.2, 0.25) is 17.8 Å². The molecule has 0 amide bonds. The second-order valence-corrected chi connectivity index (χ2v) is 9.04. The molecule has 0 N–H and O–H groups in total. The molecule has 0 spiro atoms. The van der Waals surface area contributed by atoms with Crippen molar-refractivity contribution in [3.8, 4) is 17.8 Å². The highest BCUT2D eigenvalue weighted by molar-refractivity contribution is 6.06. The summed E-state index contributed by atoms with van der Waals surface area (Å²) in [6, 6.07) is 5.88. The average Bonchev–Trinajstić information content (AvgIpc) is 3.61. The van der Waals surface area contributed by atoms with Crippen LogP contribution in [0.15, 0.2) is 61.8 Å². The number of fused-ring (bicyclic) bond motifs is 3. The molecule has 0 bridgehead atoms. The maximum absolute atomic E-state index is 4.90. The Hall–Kier alpha value is -4.47. The first kappa shape index (κ1) is 21.1. The zero-order valence-corrected chi connectivity index (χ0v) is 19.9. The van der Waals surface area contributed by atoms with Crippen molar-refractivity contribution < 1.29 is 0 Å². The van der Waals surface area contributed by atoms with Crippen LogP contribution < -0.4 is 0 Å². The third-order valence-electron chi connectivity index (χ3n) is 6.02. The summed E-state index contributed by atoms with van der Waals surface area (Å²) in [5.41, 5.74) is 4.59. The zero-order valence-electron chi connectivity index (χ0n) is 19.9. The standard InChI is InChI=1S/C25H24N10/c1-15(2)18-12-33(14-29-18)23-30-24(34-13-27-10-20(34)16(3)4)32-25(31-23)35-19-6-5-8-28-22(19)17-7-9-26-11-21(17)35/h5-16H,1-4H3. The van der Waals surface area contributed by atoms with Crippen molar-refractivity contribution in [3.63, 3.8) is 0 Å². The lowest BCUT2D eigenvalue weighted by atomic mass is 10.1. The highest BCUT2D eigenvalue weighted by Crippen LogP contribution is 2.29. The molecule has 0 atom stereocenters. The Bertz CT molecular complexity index is 1620. The number of pyridine rings is 2. The Morgan fingerprint density at radius 1 is 0.743 bits per heavy atom. The maximum atomic E-state index is 4.90. The van der Waals surface area contributed by atoms with Crippen LogP contribution in [0.3, 0.4) is 0 Å². The van der Waals surface area contributed by atoms with Gasteiger partial charge in [-0.2, -0.15) is 15.0 Å². The maximum Gasteiger partial charge on any atom is 0.241 e.